The lowest BCUT2D eigenvalue weighted by molar-refractivity contribution is -0.201. The summed E-state index contributed by atoms with van der Waals surface area (Å²) in [6.07, 6.45) is -4.17. The lowest BCUT2D eigenvalue weighted by Gasteiger charge is -2.10. The summed E-state index contributed by atoms with van der Waals surface area (Å²) >= 11 is 0. The average Bonchev–Trinajstić information content (AvgIpc) is 2.88. The molecule has 9 heteroatoms. The van der Waals surface area contributed by atoms with Crippen LogP contribution in [0.15, 0.2) is 78.9 Å². The standard InChI is InChI=1S/C28H28F3NO5/c29-28(30,31)27(34)37-26(33)14-17-32-16-13-22-7-4-8-25(19-22)35-18-15-21-9-11-24(12-10-21)36-20-23-5-2-1-3-6-23/h1-12,19,32H,13-18,20H2. The Kier molecular flexibility index (Phi) is 10.5. The van der Waals surface area contributed by atoms with Crippen molar-refractivity contribution >= 4 is 11.9 Å². The highest BCUT2D eigenvalue weighted by atomic mass is 19.4. The lowest BCUT2D eigenvalue weighted by Crippen LogP contribution is -2.29. The number of halogens is 3. The molecule has 1 N–H and O–H groups in total. The number of alkyl halides is 3. The molecular weight excluding hydrogens is 487 g/mol. The van der Waals surface area contributed by atoms with E-state index in [0.717, 1.165) is 34.6 Å². The van der Waals surface area contributed by atoms with Crippen LogP contribution in [-0.2, 0) is 33.8 Å². The molecule has 0 aromatic heterocycles. The van der Waals surface area contributed by atoms with Gasteiger partial charge < -0.3 is 19.5 Å². The first-order valence-corrected chi connectivity index (χ1v) is 11.8. The fraction of sp³-hybridized carbons (Fsp3) is 0.286. The predicted octanol–water partition coefficient (Wildman–Crippen LogP) is 5.04. The van der Waals surface area contributed by atoms with Crippen LogP contribution in [0.25, 0.3) is 0 Å². The van der Waals surface area contributed by atoms with Crippen LogP contribution in [0.2, 0.25) is 0 Å². The third kappa shape index (κ3) is 10.3. The van der Waals surface area contributed by atoms with Gasteiger partial charge in [0.25, 0.3) is 0 Å². The zero-order valence-electron chi connectivity index (χ0n) is 20.1. The first-order valence-electron chi connectivity index (χ1n) is 11.8. The molecule has 0 amide bonds. The molecule has 0 unspecified atom stereocenters. The molecule has 0 aliphatic carbocycles. The number of ether oxygens (including phenoxy) is 3. The number of carbonyl (C=O) groups excluding carboxylic acids is 2. The van der Waals surface area contributed by atoms with E-state index >= 15 is 0 Å². The Morgan fingerprint density at radius 3 is 2.19 bits per heavy atom. The molecule has 0 fully saturated rings. The highest BCUT2D eigenvalue weighted by molar-refractivity contribution is 5.88. The van der Waals surface area contributed by atoms with Gasteiger partial charge in [-0.2, -0.15) is 13.2 Å². The molecule has 196 valence electrons. The maximum Gasteiger partial charge on any atom is 0.491 e. The molecule has 0 saturated carbocycles. The molecule has 0 spiro atoms. The Bertz CT molecular complexity index is 1130. The van der Waals surface area contributed by atoms with Gasteiger partial charge in [-0.3, -0.25) is 4.79 Å². The Morgan fingerprint density at radius 2 is 1.46 bits per heavy atom. The van der Waals surface area contributed by atoms with Crippen molar-refractivity contribution in [2.75, 3.05) is 19.7 Å². The van der Waals surface area contributed by atoms with E-state index < -0.39 is 18.1 Å². The van der Waals surface area contributed by atoms with Gasteiger partial charge in [0, 0.05) is 13.0 Å². The summed E-state index contributed by atoms with van der Waals surface area (Å²) in [4.78, 5) is 21.9. The van der Waals surface area contributed by atoms with E-state index in [-0.39, 0.29) is 13.0 Å². The molecule has 0 saturated heterocycles. The second-order valence-corrected chi connectivity index (χ2v) is 8.17. The predicted molar refractivity (Wildman–Crippen MR) is 131 cm³/mol. The number of rotatable bonds is 13. The summed E-state index contributed by atoms with van der Waals surface area (Å²) in [7, 11) is 0. The van der Waals surface area contributed by atoms with E-state index in [9.17, 15) is 22.8 Å². The van der Waals surface area contributed by atoms with E-state index in [4.69, 9.17) is 9.47 Å². The quantitative estimate of drug-likeness (QED) is 0.195. The van der Waals surface area contributed by atoms with E-state index in [0.29, 0.717) is 26.2 Å². The molecular formula is C28H28F3NO5. The highest BCUT2D eigenvalue weighted by Crippen LogP contribution is 2.18. The Balaban J connectivity index is 1.32. The summed E-state index contributed by atoms with van der Waals surface area (Å²) in [6, 6.07) is 25.5. The number of esters is 2. The Labute approximate surface area is 213 Å². The van der Waals surface area contributed by atoms with Crippen molar-refractivity contribution in [1.82, 2.24) is 5.32 Å². The van der Waals surface area contributed by atoms with Crippen LogP contribution in [0.1, 0.15) is 23.1 Å². The van der Waals surface area contributed by atoms with Crippen molar-refractivity contribution in [2.45, 2.75) is 32.0 Å². The monoisotopic (exact) mass is 515 g/mol. The normalized spacial score (nSPS) is 11.1. The van der Waals surface area contributed by atoms with Crippen molar-refractivity contribution in [1.29, 1.82) is 0 Å². The Morgan fingerprint density at radius 1 is 0.730 bits per heavy atom. The fourth-order valence-electron chi connectivity index (χ4n) is 3.33. The van der Waals surface area contributed by atoms with Gasteiger partial charge in [-0.25, -0.2) is 4.79 Å². The summed E-state index contributed by atoms with van der Waals surface area (Å²) < 4.78 is 51.6. The maximum absolute atomic E-state index is 12.1. The first kappa shape index (κ1) is 27.7. The minimum absolute atomic E-state index is 0.0935. The van der Waals surface area contributed by atoms with E-state index in [1.807, 2.05) is 78.9 Å². The van der Waals surface area contributed by atoms with Gasteiger partial charge in [0.1, 0.15) is 18.1 Å². The molecule has 0 bridgehead atoms. The molecule has 3 aromatic rings. The SMILES string of the molecule is O=C(CCNCCc1cccc(OCCc2ccc(OCc3ccccc3)cc2)c1)OC(=O)C(F)(F)F. The van der Waals surface area contributed by atoms with Crippen molar-refractivity contribution in [2.24, 2.45) is 0 Å². The van der Waals surface area contributed by atoms with E-state index in [1.54, 1.807) is 0 Å². The number of carbonyl (C=O) groups is 2. The summed E-state index contributed by atoms with van der Waals surface area (Å²) in [6.45, 7) is 1.61. The molecule has 0 atom stereocenters. The van der Waals surface area contributed by atoms with Gasteiger partial charge in [0.05, 0.1) is 13.0 Å². The van der Waals surface area contributed by atoms with Crippen LogP contribution in [0, 0.1) is 0 Å². The lowest BCUT2D eigenvalue weighted by atomic mass is 10.1. The van der Waals surface area contributed by atoms with E-state index in [1.165, 1.54) is 0 Å². The van der Waals surface area contributed by atoms with Gasteiger partial charge in [0.2, 0.25) is 0 Å². The Hall–Kier alpha value is -3.85. The number of hydrogen-bond donors (Lipinski definition) is 1. The fourth-order valence-corrected chi connectivity index (χ4v) is 3.33. The summed E-state index contributed by atoms with van der Waals surface area (Å²) in [5.74, 6) is -2.19. The minimum Gasteiger partial charge on any atom is -0.493 e. The second kappa shape index (κ2) is 14.0. The average molecular weight is 516 g/mol. The molecule has 0 radical (unpaired) electrons. The number of nitrogens with one attached hydrogen (secondary N) is 1. The zero-order valence-corrected chi connectivity index (χ0v) is 20.1. The van der Waals surface area contributed by atoms with Crippen LogP contribution in [-0.4, -0.2) is 37.8 Å². The van der Waals surface area contributed by atoms with Crippen LogP contribution in [0.5, 0.6) is 11.5 Å². The van der Waals surface area contributed by atoms with Gasteiger partial charge >= 0.3 is 18.1 Å². The van der Waals surface area contributed by atoms with Crippen molar-refractivity contribution in [3.05, 3.63) is 95.6 Å². The number of hydrogen-bond acceptors (Lipinski definition) is 6. The van der Waals surface area contributed by atoms with Crippen LogP contribution in [0.4, 0.5) is 13.2 Å². The molecule has 37 heavy (non-hydrogen) atoms. The summed E-state index contributed by atoms with van der Waals surface area (Å²) in [5, 5.41) is 2.94. The maximum atomic E-state index is 12.1. The smallest absolute Gasteiger partial charge is 0.491 e. The van der Waals surface area contributed by atoms with Gasteiger partial charge in [-0.15, -0.1) is 0 Å². The third-order valence-electron chi connectivity index (χ3n) is 5.26. The first-order chi connectivity index (χ1) is 17.8. The molecule has 3 rings (SSSR count). The van der Waals surface area contributed by atoms with Crippen LogP contribution >= 0.6 is 0 Å². The van der Waals surface area contributed by atoms with Crippen molar-refractivity contribution in [3.8, 4) is 11.5 Å². The highest BCUT2D eigenvalue weighted by Gasteiger charge is 2.42. The largest absolute Gasteiger partial charge is 0.493 e. The zero-order chi connectivity index (χ0) is 26.5. The molecule has 6 nitrogen and oxygen atoms in total. The van der Waals surface area contributed by atoms with Gasteiger partial charge in [-0.1, -0.05) is 54.6 Å². The number of benzene rings is 3. The molecule has 0 aliphatic rings. The van der Waals surface area contributed by atoms with Gasteiger partial charge in [0.15, 0.2) is 0 Å². The molecule has 3 aromatic carbocycles. The van der Waals surface area contributed by atoms with E-state index in [2.05, 4.69) is 10.1 Å². The molecule has 0 aliphatic heterocycles. The second-order valence-electron chi connectivity index (χ2n) is 8.17. The van der Waals surface area contributed by atoms with Crippen LogP contribution < -0.4 is 14.8 Å². The van der Waals surface area contributed by atoms with Gasteiger partial charge in [-0.05, 0) is 53.9 Å². The van der Waals surface area contributed by atoms with Crippen molar-refractivity contribution in [3.63, 3.8) is 0 Å². The third-order valence-corrected chi connectivity index (χ3v) is 5.26. The minimum atomic E-state index is -5.18. The summed E-state index contributed by atoms with van der Waals surface area (Å²) in [5.41, 5.74) is 3.24. The molecule has 0 heterocycles. The van der Waals surface area contributed by atoms with Crippen molar-refractivity contribution < 1.29 is 37.0 Å². The topological polar surface area (TPSA) is 73.9 Å². The van der Waals surface area contributed by atoms with Crippen LogP contribution in [0.3, 0.4) is 0 Å².